The standard InChI is InChI=1S/C19H18N6O/c20-19(26)15-10-14(11-21-12-15)4-5-16-13-22-17-6-7-18(23-25(16)17)24-8-2-1-3-9-24/h6-7,10-13H,1-3,8-9H2,(H2,20,26). The van der Waals surface area contributed by atoms with Crippen molar-refractivity contribution in [3.8, 4) is 11.8 Å². The van der Waals surface area contributed by atoms with Crippen molar-refractivity contribution >= 4 is 17.4 Å². The van der Waals surface area contributed by atoms with Crippen molar-refractivity contribution < 1.29 is 4.79 Å². The molecule has 0 unspecified atom stereocenters. The molecule has 7 heteroatoms. The number of fused-ring (bicyclic) bond motifs is 1. The summed E-state index contributed by atoms with van der Waals surface area (Å²) < 4.78 is 1.75. The first-order chi connectivity index (χ1) is 12.7. The number of primary amides is 1. The lowest BCUT2D eigenvalue weighted by molar-refractivity contribution is 0.1000. The minimum Gasteiger partial charge on any atom is -0.366 e. The quantitative estimate of drug-likeness (QED) is 0.712. The van der Waals surface area contributed by atoms with Crippen LogP contribution >= 0.6 is 0 Å². The lowest BCUT2D eigenvalue weighted by atomic mass is 10.1. The average molecular weight is 346 g/mol. The van der Waals surface area contributed by atoms with Crippen LogP contribution < -0.4 is 10.6 Å². The molecule has 0 saturated carbocycles. The summed E-state index contributed by atoms with van der Waals surface area (Å²) in [6, 6.07) is 5.58. The Kier molecular flexibility index (Phi) is 4.23. The van der Waals surface area contributed by atoms with Crippen LogP contribution in [0.2, 0.25) is 0 Å². The van der Waals surface area contributed by atoms with Crippen LogP contribution in [0.4, 0.5) is 5.82 Å². The van der Waals surface area contributed by atoms with Crippen LogP contribution in [0.3, 0.4) is 0 Å². The summed E-state index contributed by atoms with van der Waals surface area (Å²) in [6.07, 6.45) is 8.38. The second-order valence-corrected chi connectivity index (χ2v) is 6.23. The fourth-order valence-electron chi connectivity index (χ4n) is 3.02. The maximum Gasteiger partial charge on any atom is 0.250 e. The van der Waals surface area contributed by atoms with Crippen molar-refractivity contribution in [2.75, 3.05) is 18.0 Å². The van der Waals surface area contributed by atoms with Gasteiger partial charge in [-0.05, 0) is 43.4 Å². The van der Waals surface area contributed by atoms with Gasteiger partial charge < -0.3 is 10.6 Å². The molecule has 0 radical (unpaired) electrons. The monoisotopic (exact) mass is 346 g/mol. The molecular formula is C19H18N6O. The molecule has 1 aliphatic heterocycles. The first-order valence-corrected chi connectivity index (χ1v) is 8.57. The Morgan fingerprint density at radius 1 is 1.08 bits per heavy atom. The molecule has 26 heavy (non-hydrogen) atoms. The van der Waals surface area contributed by atoms with E-state index in [2.05, 4.69) is 26.7 Å². The van der Waals surface area contributed by atoms with E-state index in [4.69, 9.17) is 10.8 Å². The predicted octanol–water partition coefficient (Wildman–Crippen LogP) is 1.61. The molecule has 7 nitrogen and oxygen atoms in total. The number of nitrogens with two attached hydrogens (primary N) is 1. The van der Waals surface area contributed by atoms with E-state index in [0.717, 1.165) is 24.6 Å². The van der Waals surface area contributed by atoms with Gasteiger partial charge in [0, 0.05) is 31.0 Å². The summed E-state index contributed by atoms with van der Waals surface area (Å²) >= 11 is 0. The molecule has 0 atom stereocenters. The van der Waals surface area contributed by atoms with Gasteiger partial charge in [-0.3, -0.25) is 9.78 Å². The molecule has 1 aliphatic rings. The summed E-state index contributed by atoms with van der Waals surface area (Å²) in [5.41, 5.74) is 7.66. The summed E-state index contributed by atoms with van der Waals surface area (Å²) in [6.45, 7) is 2.06. The number of pyridine rings is 1. The van der Waals surface area contributed by atoms with Crippen molar-refractivity contribution in [3.63, 3.8) is 0 Å². The van der Waals surface area contributed by atoms with Crippen molar-refractivity contribution in [2.24, 2.45) is 5.73 Å². The highest BCUT2D eigenvalue weighted by molar-refractivity contribution is 5.92. The van der Waals surface area contributed by atoms with Crippen LogP contribution in [0, 0.1) is 11.8 Å². The molecule has 0 spiro atoms. The topological polar surface area (TPSA) is 89.4 Å². The Bertz CT molecular complexity index is 1020. The zero-order chi connectivity index (χ0) is 17.9. The number of rotatable bonds is 2. The first-order valence-electron chi connectivity index (χ1n) is 8.57. The number of amides is 1. The lowest BCUT2D eigenvalue weighted by Gasteiger charge is -2.27. The largest absolute Gasteiger partial charge is 0.366 e. The van der Waals surface area contributed by atoms with E-state index < -0.39 is 5.91 Å². The van der Waals surface area contributed by atoms with E-state index in [1.54, 1.807) is 23.0 Å². The Hall–Kier alpha value is -3.40. The molecule has 4 rings (SSSR count). The van der Waals surface area contributed by atoms with Gasteiger partial charge in [-0.2, -0.15) is 0 Å². The third kappa shape index (κ3) is 3.22. The van der Waals surface area contributed by atoms with Crippen LogP contribution in [0.25, 0.3) is 5.65 Å². The Labute approximate surface area is 150 Å². The van der Waals surface area contributed by atoms with Gasteiger partial charge in [-0.15, -0.1) is 5.10 Å². The van der Waals surface area contributed by atoms with Gasteiger partial charge in [-0.1, -0.05) is 5.92 Å². The van der Waals surface area contributed by atoms with Gasteiger partial charge in [0.1, 0.15) is 11.5 Å². The SMILES string of the molecule is NC(=O)c1cncc(C#Cc2cnc3ccc(N4CCCCC4)nn23)c1. The molecular weight excluding hydrogens is 328 g/mol. The molecule has 0 aromatic carbocycles. The van der Waals surface area contributed by atoms with Crippen molar-refractivity contribution in [3.05, 3.63) is 53.6 Å². The number of nitrogens with zero attached hydrogens (tertiary/aromatic N) is 5. The third-order valence-electron chi connectivity index (χ3n) is 4.39. The van der Waals surface area contributed by atoms with Crippen LogP contribution in [0.15, 0.2) is 36.8 Å². The smallest absolute Gasteiger partial charge is 0.250 e. The van der Waals surface area contributed by atoms with E-state index >= 15 is 0 Å². The fourth-order valence-corrected chi connectivity index (χ4v) is 3.02. The maximum absolute atomic E-state index is 11.3. The van der Waals surface area contributed by atoms with E-state index in [-0.39, 0.29) is 0 Å². The number of hydrogen-bond donors (Lipinski definition) is 1. The fraction of sp³-hybridized carbons (Fsp3) is 0.263. The molecule has 3 aromatic rings. The first kappa shape index (κ1) is 16.1. The van der Waals surface area contributed by atoms with Crippen LogP contribution in [0.1, 0.15) is 40.9 Å². The van der Waals surface area contributed by atoms with Gasteiger partial charge >= 0.3 is 0 Å². The van der Waals surface area contributed by atoms with E-state index in [9.17, 15) is 4.79 Å². The molecule has 1 amide bonds. The van der Waals surface area contributed by atoms with E-state index in [1.807, 2.05) is 12.1 Å². The van der Waals surface area contributed by atoms with Crippen LogP contribution in [0.5, 0.6) is 0 Å². The highest BCUT2D eigenvalue weighted by atomic mass is 16.1. The average Bonchev–Trinajstić information content (AvgIpc) is 3.09. The van der Waals surface area contributed by atoms with E-state index in [1.165, 1.54) is 25.5 Å². The summed E-state index contributed by atoms with van der Waals surface area (Å²) in [7, 11) is 0. The Morgan fingerprint density at radius 2 is 1.92 bits per heavy atom. The van der Waals surface area contributed by atoms with Gasteiger partial charge in [0.05, 0.1) is 11.8 Å². The van der Waals surface area contributed by atoms with Gasteiger partial charge in [-0.25, -0.2) is 9.50 Å². The number of carbonyl (C=O) groups excluding carboxylic acids is 1. The minimum atomic E-state index is -0.524. The predicted molar refractivity (Wildman–Crippen MR) is 97.8 cm³/mol. The number of aromatic nitrogens is 4. The van der Waals surface area contributed by atoms with Crippen molar-refractivity contribution in [1.82, 2.24) is 19.6 Å². The molecule has 4 heterocycles. The van der Waals surface area contributed by atoms with Crippen LogP contribution in [-0.4, -0.2) is 38.6 Å². The maximum atomic E-state index is 11.3. The molecule has 130 valence electrons. The summed E-state index contributed by atoms with van der Waals surface area (Å²) in [5.74, 6) is 6.47. The molecule has 0 bridgehead atoms. The number of carbonyl (C=O) groups is 1. The normalized spacial score (nSPS) is 14.1. The third-order valence-corrected chi connectivity index (χ3v) is 4.39. The van der Waals surface area contributed by atoms with Crippen LogP contribution in [-0.2, 0) is 0 Å². The second-order valence-electron chi connectivity index (χ2n) is 6.23. The Balaban J connectivity index is 1.67. The zero-order valence-electron chi connectivity index (χ0n) is 14.2. The number of piperidine rings is 1. The summed E-state index contributed by atoms with van der Waals surface area (Å²) in [4.78, 5) is 21.9. The summed E-state index contributed by atoms with van der Waals surface area (Å²) in [5, 5.41) is 4.70. The molecule has 0 aliphatic carbocycles. The minimum absolute atomic E-state index is 0.334. The van der Waals surface area contributed by atoms with Gasteiger partial charge in [0.25, 0.3) is 0 Å². The van der Waals surface area contributed by atoms with Gasteiger partial charge in [0.2, 0.25) is 5.91 Å². The molecule has 3 aromatic heterocycles. The second kappa shape index (κ2) is 6.84. The Morgan fingerprint density at radius 3 is 2.73 bits per heavy atom. The molecule has 1 fully saturated rings. The van der Waals surface area contributed by atoms with Crippen molar-refractivity contribution in [1.29, 1.82) is 0 Å². The highest BCUT2D eigenvalue weighted by Crippen LogP contribution is 2.18. The van der Waals surface area contributed by atoms with Crippen molar-refractivity contribution in [2.45, 2.75) is 19.3 Å². The number of hydrogen-bond acceptors (Lipinski definition) is 5. The van der Waals surface area contributed by atoms with E-state index in [0.29, 0.717) is 16.8 Å². The number of imidazole rings is 1. The zero-order valence-corrected chi connectivity index (χ0v) is 14.2. The lowest BCUT2D eigenvalue weighted by Crippen LogP contribution is -2.30. The van der Waals surface area contributed by atoms with Gasteiger partial charge in [0.15, 0.2) is 5.65 Å². The molecule has 2 N–H and O–H groups in total. The number of anilines is 1. The highest BCUT2D eigenvalue weighted by Gasteiger charge is 2.13. The molecule has 1 saturated heterocycles.